The summed E-state index contributed by atoms with van der Waals surface area (Å²) in [5, 5.41) is 13.9. The Kier molecular flexibility index (Phi) is 6.37. The Hall–Kier alpha value is -3.56. The second-order valence-corrected chi connectivity index (χ2v) is 11.8. The van der Waals surface area contributed by atoms with Crippen LogP contribution in [0.5, 0.6) is 5.75 Å². The summed E-state index contributed by atoms with van der Waals surface area (Å²) in [6.45, 7) is 4.14. The standard InChI is InChI=1S/C28H31N3O5S/c1-17-16-30(28(33)25-14-21-13-22(36-3)8-11-24(21)29-25)27-15-20(7-12-26(27)31(17)18(2)32)19-5-9-23(10-6-19)37(4,34)35/h5-13,15,17-18,25,29,32H,14,16H2,1-4H3. The SMILES string of the molecule is COc1ccc2c(c1)CC(C(=O)N1CC(C)N(C(C)O)c3ccc(-c4ccc(S(C)(=O)=O)cc4)cc31)N2. The quantitative estimate of drug-likeness (QED) is 0.528. The number of carbonyl (C=O) groups excluding carboxylic acids is 1. The van der Waals surface area contributed by atoms with Gasteiger partial charge in [-0.05, 0) is 73.0 Å². The topological polar surface area (TPSA) is 99.2 Å². The molecular weight excluding hydrogens is 490 g/mol. The van der Waals surface area contributed by atoms with Crippen molar-refractivity contribution in [1.29, 1.82) is 0 Å². The molecule has 3 atom stereocenters. The van der Waals surface area contributed by atoms with Crippen LogP contribution in [-0.4, -0.2) is 57.7 Å². The number of aliphatic hydroxyl groups excluding tert-OH is 1. The van der Waals surface area contributed by atoms with Gasteiger partial charge in [0.15, 0.2) is 9.84 Å². The monoisotopic (exact) mass is 521 g/mol. The van der Waals surface area contributed by atoms with Gasteiger partial charge in [-0.25, -0.2) is 8.42 Å². The number of ether oxygens (including phenoxy) is 1. The van der Waals surface area contributed by atoms with E-state index in [1.165, 1.54) is 6.26 Å². The lowest BCUT2D eigenvalue weighted by molar-refractivity contribution is -0.119. The molecule has 8 nitrogen and oxygen atoms in total. The van der Waals surface area contributed by atoms with Gasteiger partial charge in [-0.2, -0.15) is 0 Å². The Bertz CT molecular complexity index is 1450. The zero-order chi connectivity index (χ0) is 26.5. The largest absolute Gasteiger partial charge is 0.497 e. The van der Waals surface area contributed by atoms with Gasteiger partial charge in [0, 0.05) is 31.0 Å². The molecule has 0 fully saturated rings. The van der Waals surface area contributed by atoms with E-state index in [1.807, 2.05) is 48.2 Å². The first-order valence-electron chi connectivity index (χ1n) is 12.2. The number of hydrogen-bond donors (Lipinski definition) is 2. The Labute approximate surface area is 217 Å². The van der Waals surface area contributed by atoms with Crippen LogP contribution in [-0.2, 0) is 21.1 Å². The number of hydrogen-bond acceptors (Lipinski definition) is 7. The second-order valence-electron chi connectivity index (χ2n) is 9.76. The molecule has 1 amide bonds. The zero-order valence-electron chi connectivity index (χ0n) is 21.3. The van der Waals surface area contributed by atoms with Gasteiger partial charge in [-0.15, -0.1) is 0 Å². The van der Waals surface area contributed by atoms with Crippen LogP contribution < -0.4 is 19.9 Å². The minimum atomic E-state index is -3.30. The third-order valence-corrected chi connectivity index (χ3v) is 8.24. The minimum Gasteiger partial charge on any atom is -0.497 e. The summed E-state index contributed by atoms with van der Waals surface area (Å²) in [6, 6.07) is 17.7. The molecule has 0 saturated carbocycles. The first-order valence-corrected chi connectivity index (χ1v) is 14.1. The molecular formula is C28H31N3O5S. The first-order chi connectivity index (χ1) is 17.6. The lowest BCUT2D eigenvalue weighted by atomic mass is 9.99. The van der Waals surface area contributed by atoms with E-state index in [0.29, 0.717) is 18.7 Å². The second kappa shape index (κ2) is 9.39. The Morgan fingerprint density at radius 2 is 1.76 bits per heavy atom. The molecule has 0 radical (unpaired) electrons. The number of benzene rings is 3. The molecule has 2 heterocycles. The Morgan fingerprint density at radius 3 is 2.41 bits per heavy atom. The van der Waals surface area contributed by atoms with Crippen LogP contribution in [0.2, 0.25) is 0 Å². The molecule has 3 aromatic rings. The third kappa shape index (κ3) is 4.65. The molecule has 3 aromatic carbocycles. The van der Waals surface area contributed by atoms with Gasteiger partial charge >= 0.3 is 0 Å². The molecule has 194 valence electrons. The molecule has 0 aromatic heterocycles. The summed E-state index contributed by atoms with van der Waals surface area (Å²) in [6.07, 6.45) is 1.01. The smallest absolute Gasteiger partial charge is 0.249 e. The van der Waals surface area contributed by atoms with Crippen LogP contribution >= 0.6 is 0 Å². The fourth-order valence-electron chi connectivity index (χ4n) is 5.30. The molecule has 3 unspecified atom stereocenters. The van der Waals surface area contributed by atoms with Crippen LogP contribution in [0.25, 0.3) is 11.1 Å². The molecule has 0 spiro atoms. The van der Waals surface area contributed by atoms with Crippen LogP contribution in [0.1, 0.15) is 19.4 Å². The van der Waals surface area contributed by atoms with Crippen molar-refractivity contribution in [3.05, 3.63) is 66.2 Å². The van der Waals surface area contributed by atoms with Crippen molar-refractivity contribution in [1.82, 2.24) is 0 Å². The van der Waals surface area contributed by atoms with Gasteiger partial charge in [0.05, 0.1) is 23.4 Å². The fraction of sp³-hybridized carbons (Fsp3) is 0.321. The van der Waals surface area contributed by atoms with E-state index in [0.717, 1.165) is 33.8 Å². The van der Waals surface area contributed by atoms with Crippen LogP contribution in [0.3, 0.4) is 0 Å². The summed E-state index contributed by atoms with van der Waals surface area (Å²) >= 11 is 0. The number of sulfone groups is 1. The van der Waals surface area contributed by atoms with E-state index in [2.05, 4.69) is 5.32 Å². The highest BCUT2D eigenvalue weighted by Crippen LogP contribution is 2.41. The number of anilines is 3. The minimum absolute atomic E-state index is 0.0434. The predicted octanol–water partition coefficient (Wildman–Crippen LogP) is 3.68. The van der Waals surface area contributed by atoms with Crippen molar-refractivity contribution in [3.8, 4) is 16.9 Å². The molecule has 0 aliphatic carbocycles. The Balaban J connectivity index is 1.51. The first kappa shape index (κ1) is 25.1. The van der Waals surface area contributed by atoms with Crippen molar-refractivity contribution >= 4 is 32.8 Å². The summed E-state index contributed by atoms with van der Waals surface area (Å²) in [5.74, 6) is 0.711. The van der Waals surface area contributed by atoms with Crippen molar-refractivity contribution in [3.63, 3.8) is 0 Å². The number of rotatable bonds is 5. The average Bonchev–Trinajstić information content (AvgIpc) is 3.30. The third-order valence-electron chi connectivity index (χ3n) is 7.11. The highest BCUT2D eigenvalue weighted by molar-refractivity contribution is 7.90. The van der Waals surface area contributed by atoms with Gasteiger partial charge in [-0.1, -0.05) is 18.2 Å². The zero-order valence-corrected chi connectivity index (χ0v) is 22.1. The van der Waals surface area contributed by atoms with Crippen molar-refractivity contribution in [2.45, 2.75) is 43.5 Å². The number of fused-ring (bicyclic) bond motifs is 2. The maximum Gasteiger partial charge on any atom is 0.249 e. The van der Waals surface area contributed by atoms with Gasteiger partial charge in [0.2, 0.25) is 5.91 Å². The number of nitrogens with one attached hydrogen (secondary N) is 1. The van der Waals surface area contributed by atoms with Crippen LogP contribution in [0.15, 0.2) is 65.6 Å². The normalized spacial score (nSPS) is 19.6. The molecule has 2 aliphatic rings. The van der Waals surface area contributed by atoms with E-state index >= 15 is 0 Å². The number of carbonyl (C=O) groups is 1. The summed E-state index contributed by atoms with van der Waals surface area (Å²) in [4.78, 5) is 17.9. The summed E-state index contributed by atoms with van der Waals surface area (Å²) < 4.78 is 29.1. The molecule has 9 heteroatoms. The molecule has 2 aliphatic heterocycles. The number of aliphatic hydroxyl groups is 1. The average molecular weight is 522 g/mol. The van der Waals surface area contributed by atoms with Gasteiger partial charge in [-0.3, -0.25) is 4.79 Å². The maximum atomic E-state index is 13.9. The fourth-order valence-corrected chi connectivity index (χ4v) is 5.93. The van der Waals surface area contributed by atoms with Crippen LogP contribution in [0, 0.1) is 0 Å². The summed E-state index contributed by atoms with van der Waals surface area (Å²) in [7, 11) is -1.67. The van der Waals surface area contributed by atoms with E-state index < -0.39 is 22.1 Å². The molecule has 0 bridgehead atoms. The lowest BCUT2D eigenvalue weighted by Gasteiger charge is -2.44. The van der Waals surface area contributed by atoms with Crippen LogP contribution in [0.4, 0.5) is 17.1 Å². The van der Waals surface area contributed by atoms with Gasteiger partial charge in [0.1, 0.15) is 18.0 Å². The summed E-state index contributed by atoms with van der Waals surface area (Å²) in [5.41, 5.74) is 5.13. The van der Waals surface area contributed by atoms with Crippen molar-refractivity contribution in [2.75, 3.05) is 35.0 Å². The predicted molar refractivity (Wildman–Crippen MR) is 145 cm³/mol. The molecule has 2 N–H and O–H groups in total. The van der Waals surface area contributed by atoms with E-state index in [1.54, 1.807) is 43.2 Å². The lowest BCUT2D eigenvalue weighted by Crippen LogP contribution is -2.55. The van der Waals surface area contributed by atoms with E-state index in [-0.39, 0.29) is 16.8 Å². The number of methoxy groups -OCH3 is 1. The van der Waals surface area contributed by atoms with Crippen molar-refractivity contribution < 1.29 is 23.1 Å². The maximum absolute atomic E-state index is 13.9. The molecule has 5 rings (SSSR count). The van der Waals surface area contributed by atoms with E-state index in [4.69, 9.17) is 4.74 Å². The number of amides is 1. The highest BCUT2D eigenvalue weighted by atomic mass is 32.2. The van der Waals surface area contributed by atoms with Gasteiger partial charge in [0.25, 0.3) is 0 Å². The Morgan fingerprint density at radius 1 is 1.05 bits per heavy atom. The molecule has 37 heavy (non-hydrogen) atoms. The van der Waals surface area contributed by atoms with Crippen molar-refractivity contribution in [2.24, 2.45) is 0 Å². The van der Waals surface area contributed by atoms with Gasteiger partial charge < -0.3 is 25.0 Å². The number of nitrogens with zero attached hydrogens (tertiary/aromatic N) is 2. The highest BCUT2D eigenvalue weighted by Gasteiger charge is 2.38. The molecule has 0 saturated heterocycles. The van der Waals surface area contributed by atoms with E-state index in [9.17, 15) is 18.3 Å².